The van der Waals surface area contributed by atoms with Gasteiger partial charge >= 0.3 is 0 Å². The molecule has 0 heterocycles. The van der Waals surface area contributed by atoms with E-state index in [1.54, 1.807) is 0 Å². The monoisotopic (exact) mass is 384 g/mol. The fraction of sp³-hybridized carbons (Fsp3) is 1.00. The van der Waals surface area contributed by atoms with Crippen molar-refractivity contribution in [2.24, 2.45) is 17.8 Å². The molecule has 2 fully saturated rings. The van der Waals surface area contributed by atoms with Gasteiger partial charge in [0, 0.05) is 0 Å². The summed E-state index contributed by atoms with van der Waals surface area (Å²) in [6.07, 6.45) is 18.3. The quantitative estimate of drug-likeness (QED) is 0.383. The molecule has 26 heavy (non-hydrogen) atoms. The number of unbranched alkanes of at least 4 members (excludes halogenated alkanes) is 4. The molecule has 2 saturated carbocycles. The summed E-state index contributed by atoms with van der Waals surface area (Å²) in [6, 6.07) is 0. The molecule has 3 heteroatoms. The summed E-state index contributed by atoms with van der Waals surface area (Å²) >= 11 is 0. The van der Waals surface area contributed by atoms with Crippen molar-refractivity contribution in [1.82, 2.24) is 0 Å². The second-order valence-electron chi connectivity index (χ2n) is 9.59. The number of rotatable bonds is 10. The summed E-state index contributed by atoms with van der Waals surface area (Å²) in [7, 11) is -2.93. The third-order valence-corrected chi connectivity index (χ3v) is 10.4. The highest BCUT2D eigenvalue weighted by Crippen LogP contribution is 2.45. The predicted octanol–water partition coefficient (Wildman–Crippen LogP) is 6.93. The molecular weight excluding hydrogens is 340 g/mol. The molecule has 0 aliphatic heterocycles. The normalized spacial score (nSPS) is 33.3. The molecule has 0 aromatic rings. The largest absolute Gasteiger partial charge is 0.228 e. The summed E-state index contributed by atoms with van der Waals surface area (Å²) in [5.74, 6) is 3.06. The highest BCUT2D eigenvalue weighted by Gasteiger charge is 2.43. The molecule has 0 spiro atoms. The number of hydrogen-bond donors (Lipinski definition) is 0. The van der Waals surface area contributed by atoms with Crippen LogP contribution in [-0.2, 0) is 9.84 Å². The van der Waals surface area contributed by atoms with Crippen LogP contribution >= 0.6 is 0 Å². The van der Waals surface area contributed by atoms with Crippen molar-refractivity contribution in [2.75, 3.05) is 5.75 Å². The van der Waals surface area contributed by atoms with E-state index in [4.69, 9.17) is 0 Å². The number of hydrogen-bond acceptors (Lipinski definition) is 2. The Balaban J connectivity index is 1.76. The predicted molar refractivity (Wildman–Crippen MR) is 113 cm³/mol. The van der Waals surface area contributed by atoms with Gasteiger partial charge in [0.1, 0.15) is 0 Å². The second kappa shape index (κ2) is 10.5. The molecule has 0 aromatic heterocycles. The van der Waals surface area contributed by atoms with E-state index in [1.807, 2.05) is 6.92 Å². The summed E-state index contributed by atoms with van der Waals surface area (Å²) in [4.78, 5) is 0. The van der Waals surface area contributed by atoms with Gasteiger partial charge in [0.25, 0.3) is 0 Å². The highest BCUT2D eigenvalue weighted by atomic mass is 32.2. The maximum atomic E-state index is 12.8. The Hall–Kier alpha value is -0.0500. The smallest absolute Gasteiger partial charge is 0.155 e. The third-order valence-electron chi connectivity index (χ3n) is 7.63. The van der Waals surface area contributed by atoms with E-state index in [0.717, 1.165) is 62.7 Å². The van der Waals surface area contributed by atoms with Crippen LogP contribution in [0.4, 0.5) is 0 Å². The molecule has 0 radical (unpaired) electrons. The van der Waals surface area contributed by atoms with Gasteiger partial charge in [-0.3, -0.25) is 0 Å². The maximum absolute atomic E-state index is 12.8. The van der Waals surface area contributed by atoms with Crippen LogP contribution < -0.4 is 0 Å². The van der Waals surface area contributed by atoms with E-state index in [0.29, 0.717) is 5.75 Å². The first-order chi connectivity index (χ1) is 12.4. The molecule has 0 atom stereocenters. The average molecular weight is 385 g/mol. The molecule has 0 aromatic carbocycles. The average Bonchev–Trinajstić information content (AvgIpc) is 2.63. The van der Waals surface area contributed by atoms with Crippen LogP contribution in [0.2, 0.25) is 0 Å². The molecule has 2 nitrogen and oxygen atoms in total. The van der Waals surface area contributed by atoms with Gasteiger partial charge in [-0.1, -0.05) is 65.2 Å². The summed E-state index contributed by atoms with van der Waals surface area (Å²) in [5.41, 5.74) is 0. The maximum Gasteiger partial charge on any atom is 0.155 e. The lowest BCUT2D eigenvalue weighted by atomic mass is 9.68. The Morgan fingerprint density at radius 1 is 0.769 bits per heavy atom. The van der Waals surface area contributed by atoms with E-state index in [-0.39, 0.29) is 0 Å². The molecule has 0 unspecified atom stereocenters. The second-order valence-corrected chi connectivity index (χ2v) is 12.2. The molecule has 2 aliphatic rings. The van der Waals surface area contributed by atoms with Crippen molar-refractivity contribution >= 4 is 9.84 Å². The molecule has 0 amide bonds. The van der Waals surface area contributed by atoms with Crippen LogP contribution in [-0.4, -0.2) is 18.9 Å². The standard InChI is InChI=1S/C23H44O2S/c1-4-6-8-10-20-11-13-21(14-12-20)22-15-17-23(3,18-16-22)26(24,25)19-9-7-5-2/h20-22H,4-19H2,1-3H3. The fourth-order valence-electron chi connectivity index (χ4n) is 5.45. The molecule has 2 rings (SSSR count). The van der Waals surface area contributed by atoms with Crippen LogP contribution in [0.3, 0.4) is 0 Å². The molecule has 2 aliphatic carbocycles. The minimum atomic E-state index is -2.93. The Kier molecular flexibility index (Phi) is 8.97. The van der Waals surface area contributed by atoms with Gasteiger partial charge < -0.3 is 0 Å². The first-order valence-electron chi connectivity index (χ1n) is 11.6. The van der Waals surface area contributed by atoms with Gasteiger partial charge in [-0.05, 0) is 69.6 Å². The minimum Gasteiger partial charge on any atom is -0.228 e. The first kappa shape index (κ1) is 22.2. The molecule has 154 valence electrons. The summed E-state index contributed by atoms with van der Waals surface area (Å²) in [5, 5.41) is 0. The summed E-state index contributed by atoms with van der Waals surface area (Å²) < 4.78 is 25.2. The van der Waals surface area contributed by atoms with Gasteiger partial charge in [0.2, 0.25) is 0 Å². The van der Waals surface area contributed by atoms with Gasteiger partial charge in [0.05, 0.1) is 10.5 Å². The van der Waals surface area contributed by atoms with Crippen LogP contribution in [0.1, 0.15) is 117 Å². The minimum absolute atomic E-state index is 0.408. The summed E-state index contributed by atoms with van der Waals surface area (Å²) in [6.45, 7) is 6.46. The van der Waals surface area contributed by atoms with Crippen molar-refractivity contribution in [3.8, 4) is 0 Å². The zero-order valence-electron chi connectivity index (χ0n) is 17.8. The van der Waals surface area contributed by atoms with Gasteiger partial charge in [-0.2, -0.15) is 0 Å². The van der Waals surface area contributed by atoms with Crippen molar-refractivity contribution in [3.05, 3.63) is 0 Å². The Labute approximate surface area is 163 Å². The lowest BCUT2D eigenvalue weighted by Crippen LogP contribution is -2.42. The molecule has 0 bridgehead atoms. The first-order valence-corrected chi connectivity index (χ1v) is 13.3. The Morgan fingerprint density at radius 3 is 1.88 bits per heavy atom. The number of sulfone groups is 1. The molecular formula is C23H44O2S. The lowest BCUT2D eigenvalue weighted by Gasteiger charge is -2.41. The van der Waals surface area contributed by atoms with E-state index in [1.165, 1.54) is 51.4 Å². The zero-order valence-corrected chi connectivity index (χ0v) is 18.6. The van der Waals surface area contributed by atoms with Crippen LogP contribution in [0.5, 0.6) is 0 Å². The van der Waals surface area contributed by atoms with Crippen molar-refractivity contribution in [2.45, 2.75) is 122 Å². The highest BCUT2D eigenvalue weighted by molar-refractivity contribution is 7.92. The Morgan fingerprint density at radius 2 is 1.31 bits per heavy atom. The zero-order chi connectivity index (χ0) is 19.0. The molecule has 0 N–H and O–H groups in total. The van der Waals surface area contributed by atoms with Gasteiger partial charge in [-0.15, -0.1) is 0 Å². The fourth-order valence-corrected chi connectivity index (χ4v) is 7.39. The lowest BCUT2D eigenvalue weighted by molar-refractivity contribution is 0.151. The van der Waals surface area contributed by atoms with Crippen LogP contribution in [0.25, 0.3) is 0 Å². The van der Waals surface area contributed by atoms with E-state index >= 15 is 0 Å². The Bertz CT molecular complexity index is 480. The van der Waals surface area contributed by atoms with Gasteiger partial charge in [-0.25, -0.2) is 8.42 Å². The van der Waals surface area contributed by atoms with E-state index < -0.39 is 14.6 Å². The van der Waals surface area contributed by atoms with Gasteiger partial charge in [0.15, 0.2) is 9.84 Å². The van der Waals surface area contributed by atoms with Crippen molar-refractivity contribution in [1.29, 1.82) is 0 Å². The SMILES string of the molecule is CCCCCC1CCC(C2CCC(C)(S(=O)(=O)CCCCC)CC2)CC1. The van der Waals surface area contributed by atoms with E-state index in [2.05, 4.69) is 13.8 Å². The van der Waals surface area contributed by atoms with E-state index in [9.17, 15) is 8.42 Å². The van der Waals surface area contributed by atoms with Crippen LogP contribution in [0, 0.1) is 17.8 Å². The topological polar surface area (TPSA) is 34.1 Å². The van der Waals surface area contributed by atoms with Crippen molar-refractivity contribution in [3.63, 3.8) is 0 Å². The van der Waals surface area contributed by atoms with Crippen molar-refractivity contribution < 1.29 is 8.42 Å². The molecule has 0 saturated heterocycles. The third kappa shape index (κ3) is 5.97. The van der Waals surface area contributed by atoms with Crippen LogP contribution in [0.15, 0.2) is 0 Å².